The van der Waals surface area contributed by atoms with Crippen molar-refractivity contribution < 1.29 is 8.42 Å². The van der Waals surface area contributed by atoms with Crippen molar-refractivity contribution >= 4 is 9.84 Å². The second-order valence-electron chi connectivity index (χ2n) is 6.05. The van der Waals surface area contributed by atoms with Crippen LogP contribution in [-0.4, -0.2) is 55.5 Å². The molecule has 1 heterocycles. The number of nitrogens with zero attached hydrogens (tertiary/aromatic N) is 2. The van der Waals surface area contributed by atoms with Crippen molar-refractivity contribution in [2.75, 3.05) is 26.4 Å². The zero-order valence-electron chi connectivity index (χ0n) is 12.8. The molecule has 2 N–H and O–H groups in total. The van der Waals surface area contributed by atoms with E-state index < -0.39 is 15.4 Å². The third-order valence-corrected chi connectivity index (χ3v) is 6.50. The minimum absolute atomic E-state index is 0.350. The van der Waals surface area contributed by atoms with Gasteiger partial charge in [0.25, 0.3) is 0 Å². The Bertz CT molecular complexity index is 562. The van der Waals surface area contributed by atoms with Crippen molar-refractivity contribution in [2.45, 2.75) is 36.5 Å². The molecule has 0 radical (unpaired) electrons. The van der Waals surface area contributed by atoms with Gasteiger partial charge >= 0.3 is 0 Å². The van der Waals surface area contributed by atoms with Crippen molar-refractivity contribution in [3.05, 3.63) is 30.1 Å². The van der Waals surface area contributed by atoms with Gasteiger partial charge in [-0.3, -0.25) is 9.88 Å². The van der Waals surface area contributed by atoms with Crippen LogP contribution < -0.4 is 5.73 Å². The Kier molecular flexibility index (Phi) is 5.01. The van der Waals surface area contributed by atoms with Crippen LogP contribution in [0.15, 0.2) is 24.5 Å². The SMILES string of the molecule is CN(CCc1ccncc1)C1(CN)CCCC1S(C)(=O)=O. The van der Waals surface area contributed by atoms with Gasteiger partial charge in [-0.15, -0.1) is 0 Å². The van der Waals surface area contributed by atoms with Gasteiger partial charge in [0.15, 0.2) is 9.84 Å². The number of aromatic nitrogens is 1. The van der Waals surface area contributed by atoms with E-state index in [0.717, 1.165) is 32.2 Å². The Hall–Kier alpha value is -0.980. The predicted molar refractivity (Wildman–Crippen MR) is 84.8 cm³/mol. The molecular weight excluding hydrogens is 286 g/mol. The molecule has 6 heteroatoms. The summed E-state index contributed by atoms with van der Waals surface area (Å²) in [6.45, 7) is 1.19. The zero-order chi connectivity index (χ0) is 15.5. The van der Waals surface area contributed by atoms with E-state index in [1.807, 2.05) is 19.2 Å². The number of sulfone groups is 1. The third kappa shape index (κ3) is 3.44. The molecule has 1 fully saturated rings. The van der Waals surface area contributed by atoms with E-state index in [4.69, 9.17) is 5.73 Å². The van der Waals surface area contributed by atoms with E-state index in [9.17, 15) is 8.42 Å². The van der Waals surface area contributed by atoms with Crippen LogP contribution in [-0.2, 0) is 16.3 Å². The van der Waals surface area contributed by atoms with Gasteiger partial charge in [-0.25, -0.2) is 8.42 Å². The molecule has 5 nitrogen and oxygen atoms in total. The summed E-state index contributed by atoms with van der Waals surface area (Å²) < 4.78 is 24.2. The Morgan fingerprint density at radius 2 is 2.10 bits per heavy atom. The zero-order valence-corrected chi connectivity index (χ0v) is 13.6. The van der Waals surface area contributed by atoms with Gasteiger partial charge in [0.05, 0.1) is 5.25 Å². The molecule has 1 aliphatic carbocycles. The van der Waals surface area contributed by atoms with E-state index in [2.05, 4.69) is 9.88 Å². The number of likely N-dealkylation sites (N-methyl/N-ethyl adjacent to an activating group) is 1. The number of nitrogens with two attached hydrogens (primary N) is 1. The van der Waals surface area contributed by atoms with Crippen molar-refractivity contribution in [1.29, 1.82) is 0 Å². The molecule has 0 saturated heterocycles. The molecule has 0 spiro atoms. The van der Waals surface area contributed by atoms with Crippen molar-refractivity contribution in [1.82, 2.24) is 9.88 Å². The topological polar surface area (TPSA) is 76.3 Å². The van der Waals surface area contributed by atoms with Crippen molar-refractivity contribution in [3.63, 3.8) is 0 Å². The molecule has 0 amide bonds. The second kappa shape index (κ2) is 6.42. The predicted octanol–water partition coefficient (Wildman–Crippen LogP) is 0.851. The van der Waals surface area contributed by atoms with Gasteiger partial charge < -0.3 is 5.73 Å². The van der Waals surface area contributed by atoms with Gasteiger partial charge in [0.1, 0.15) is 0 Å². The van der Waals surface area contributed by atoms with Crippen molar-refractivity contribution in [2.24, 2.45) is 5.73 Å². The van der Waals surface area contributed by atoms with Crippen LogP contribution in [0.1, 0.15) is 24.8 Å². The summed E-state index contributed by atoms with van der Waals surface area (Å²) in [5, 5.41) is -0.350. The third-order valence-electron chi connectivity index (χ3n) is 4.79. The minimum atomic E-state index is -3.08. The van der Waals surface area contributed by atoms with Gasteiger partial charge in [0, 0.05) is 37.3 Å². The van der Waals surface area contributed by atoms with Crippen molar-refractivity contribution in [3.8, 4) is 0 Å². The Balaban J connectivity index is 2.12. The lowest BCUT2D eigenvalue weighted by Crippen LogP contribution is -2.59. The second-order valence-corrected chi connectivity index (χ2v) is 8.27. The fourth-order valence-corrected chi connectivity index (χ4v) is 5.32. The lowest BCUT2D eigenvalue weighted by Gasteiger charge is -2.42. The molecular formula is C15H25N3O2S. The maximum Gasteiger partial charge on any atom is 0.152 e. The Morgan fingerprint density at radius 1 is 1.43 bits per heavy atom. The number of pyridine rings is 1. The summed E-state index contributed by atoms with van der Waals surface area (Å²) in [6.07, 6.45) is 8.27. The first-order valence-corrected chi connectivity index (χ1v) is 9.35. The van der Waals surface area contributed by atoms with Crippen LogP contribution in [0.5, 0.6) is 0 Å². The first-order chi connectivity index (χ1) is 9.90. The normalized spacial score (nSPS) is 26.4. The lowest BCUT2D eigenvalue weighted by atomic mass is 9.94. The largest absolute Gasteiger partial charge is 0.329 e. The van der Waals surface area contributed by atoms with Crippen LogP contribution in [0.2, 0.25) is 0 Å². The summed E-state index contributed by atoms with van der Waals surface area (Å²) in [5.74, 6) is 0. The lowest BCUT2D eigenvalue weighted by molar-refractivity contribution is 0.136. The average Bonchev–Trinajstić information content (AvgIpc) is 2.91. The molecule has 2 atom stereocenters. The molecule has 118 valence electrons. The van der Waals surface area contributed by atoms with E-state index >= 15 is 0 Å². The van der Waals surface area contributed by atoms with Gasteiger partial charge in [0.2, 0.25) is 0 Å². The van der Waals surface area contributed by atoms with E-state index in [-0.39, 0.29) is 5.25 Å². The number of hydrogen-bond acceptors (Lipinski definition) is 5. The first-order valence-electron chi connectivity index (χ1n) is 7.39. The molecule has 1 aromatic heterocycles. The fourth-order valence-electron chi connectivity index (χ4n) is 3.53. The highest BCUT2D eigenvalue weighted by Crippen LogP contribution is 2.38. The number of rotatable bonds is 6. The molecule has 2 unspecified atom stereocenters. The molecule has 1 aliphatic rings. The van der Waals surface area contributed by atoms with Crippen LogP contribution in [0, 0.1) is 0 Å². The smallest absolute Gasteiger partial charge is 0.152 e. The highest BCUT2D eigenvalue weighted by molar-refractivity contribution is 7.91. The Morgan fingerprint density at radius 3 is 2.67 bits per heavy atom. The van der Waals surface area contributed by atoms with Crippen LogP contribution in [0.25, 0.3) is 0 Å². The summed E-state index contributed by atoms with van der Waals surface area (Å²) in [5.41, 5.74) is 6.80. The first kappa shape index (κ1) is 16.4. The average molecular weight is 311 g/mol. The van der Waals surface area contributed by atoms with Gasteiger partial charge in [-0.1, -0.05) is 6.42 Å². The summed E-state index contributed by atoms with van der Waals surface area (Å²) in [6, 6.07) is 3.98. The highest BCUT2D eigenvalue weighted by atomic mass is 32.2. The molecule has 0 aliphatic heterocycles. The molecule has 1 saturated carbocycles. The minimum Gasteiger partial charge on any atom is -0.329 e. The summed E-state index contributed by atoms with van der Waals surface area (Å²) in [7, 11) is -1.08. The fraction of sp³-hybridized carbons (Fsp3) is 0.667. The maximum atomic E-state index is 12.1. The number of hydrogen-bond donors (Lipinski definition) is 1. The van der Waals surface area contributed by atoms with Gasteiger partial charge in [-0.05, 0) is 44.0 Å². The van der Waals surface area contributed by atoms with Crippen LogP contribution >= 0.6 is 0 Å². The molecule has 21 heavy (non-hydrogen) atoms. The monoisotopic (exact) mass is 311 g/mol. The molecule has 1 aromatic rings. The highest BCUT2D eigenvalue weighted by Gasteiger charge is 2.49. The van der Waals surface area contributed by atoms with Crippen LogP contribution in [0.3, 0.4) is 0 Å². The van der Waals surface area contributed by atoms with E-state index in [1.165, 1.54) is 11.8 Å². The molecule has 2 rings (SSSR count). The molecule has 0 aromatic carbocycles. The molecule has 0 bridgehead atoms. The Labute approximate surface area is 127 Å². The van der Waals surface area contributed by atoms with Crippen LogP contribution in [0.4, 0.5) is 0 Å². The maximum absolute atomic E-state index is 12.1. The quantitative estimate of drug-likeness (QED) is 0.843. The van der Waals surface area contributed by atoms with E-state index in [1.54, 1.807) is 12.4 Å². The van der Waals surface area contributed by atoms with Gasteiger partial charge in [-0.2, -0.15) is 0 Å². The standard InChI is InChI=1S/C15H25N3O2S/c1-18(11-7-13-5-9-17-10-6-13)15(12-16)8-3-4-14(15)21(2,19)20/h5-6,9-10,14H,3-4,7-8,11-12,16H2,1-2H3. The summed E-state index contributed by atoms with van der Waals surface area (Å²) in [4.78, 5) is 6.17. The summed E-state index contributed by atoms with van der Waals surface area (Å²) >= 11 is 0. The van der Waals surface area contributed by atoms with E-state index in [0.29, 0.717) is 6.54 Å².